The Labute approximate surface area is 189 Å². The largest absolute Gasteiger partial charge is 0.334 e. The minimum atomic E-state index is -0.164. The van der Waals surface area contributed by atoms with Gasteiger partial charge in [-0.3, -0.25) is 9.69 Å². The molecule has 2 fully saturated rings. The summed E-state index contributed by atoms with van der Waals surface area (Å²) in [7, 11) is 0. The van der Waals surface area contributed by atoms with Crippen molar-refractivity contribution in [3.05, 3.63) is 95.3 Å². The summed E-state index contributed by atoms with van der Waals surface area (Å²) in [5.41, 5.74) is 3.41. The molecule has 5 rings (SSSR count). The van der Waals surface area contributed by atoms with Gasteiger partial charge in [0.15, 0.2) is 0 Å². The number of fused-ring (bicyclic) bond motifs is 1. The summed E-state index contributed by atoms with van der Waals surface area (Å²) in [5.74, 6) is 0.493. The summed E-state index contributed by atoms with van der Waals surface area (Å²) in [6, 6.07) is 21.1. The van der Waals surface area contributed by atoms with Gasteiger partial charge in [0, 0.05) is 25.2 Å². The van der Waals surface area contributed by atoms with Gasteiger partial charge in [0.25, 0.3) is 5.91 Å². The Hall–Kier alpha value is -2.98. The quantitative estimate of drug-likeness (QED) is 0.503. The SMILES string of the molecule is O=C(c1cccc2ccccc12)N1CCC(=CCN2CCC(c3ccc(F)cc3)CC2)C1. The third-order valence-electron chi connectivity index (χ3n) is 6.97. The van der Waals surface area contributed by atoms with Gasteiger partial charge in [-0.05, 0) is 72.8 Å². The lowest BCUT2D eigenvalue weighted by atomic mass is 9.89. The third-order valence-corrected chi connectivity index (χ3v) is 6.97. The minimum Gasteiger partial charge on any atom is -0.334 e. The van der Waals surface area contributed by atoms with E-state index in [1.165, 1.54) is 11.1 Å². The summed E-state index contributed by atoms with van der Waals surface area (Å²) in [6.45, 7) is 4.59. The number of nitrogens with zero attached hydrogens (tertiary/aromatic N) is 2. The first-order valence-corrected chi connectivity index (χ1v) is 11.6. The van der Waals surface area contributed by atoms with E-state index in [9.17, 15) is 9.18 Å². The van der Waals surface area contributed by atoms with Crippen molar-refractivity contribution in [2.75, 3.05) is 32.7 Å². The van der Waals surface area contributed by atoms with Gasteiger partial charge in [-0.1, -0.05) is 60.2 Å². The van der Waals surface area contributed by atoms with Crippen LogP contribution in [0.2, 0.25) is 0 Å². The molecule has 0 aliphatic carbocycles. The van der Waals surface area contributed by atoms with Crippen LogP contribution in [0.5, 0.6) is 0 Å². The molecule has 3 aromatic rings. The van der Waals surface area contributed by atoms with Crippen LogP contribution in [-0.4, -0.2) is 48.4 Å². The number of carbonyl (C=O) groups excluding carboxylic acids is 1. The van der Waals surface area contributed by atoms with E-state index in [1.54, 1.807) is 12.1 Å². The molecule has 2 heterocycles. The Morgan fingerprint density at radius 1 is 0.938 bits per heavy atom. The monoisotopic (exact) mass is 428 g/mol. The van der Waals surface area contributed by atoms with Crippen molar-refractivity contribution in [2.45, 2.75) is 25.2 Å². The van der Waals surface area contributed by atoms with E-state index in [1.807, 2.05) is 47.4 Å². The molecule has 3 aromatic carbocycles. The summed E-state index contributed by atoms with van der Waals surface area (Å²) in [5, 5.41) is 2.14. The van der Waals surface area contributed by atoms with E-state index in [0.717, 1.165) is 68.3 Å². The van der Waals surface area contributed by atoms with Crippen LogP contribution < -0.4 is 0 Å². The van der Waals surface area contributed by atoms with E-state index in [-0.39, 0.29) is 11.7 Å². The zero-order valence-electron chi connectivity index (χ0n) is 18.3. The fourth-order valence-electron chi connectivity index (χ4n) is 5.05. The fraction of sp³-hybridized carbons (Fsp3) is 0.321. The Bertz CT molecular complexity index is 1120. The molecule has 0 N–H and O–H groups in total. The molecule has 3 nitrogen and oxygen atoms in total. The van der Waals surface area contributed by atoms with Crippen LogP contribution in [0, 0.1) is 5.82 Å². The van der Waals surface area contributed by atoms with Crippen LogP contribution in [0.1, 0.15) is 41.1 Å². The lowest BCUT2D eigenvalue weighted by molar-refractivity contribution is 0.0798. The highest BCUT2D eigenvalue weighted by atomic mass is 19.1. The van der Waals surface area contributed by atoms with Crippen molar-refractivity contribution >= 4 is 16.7 Å². The number of rotatable bonds is 4. The summed E-state index contributed by atoms with van der Waals surface area (Å²) < 4.78 is 13.2. The molecule has 0 bridgehead atoms. The highest BCUT2D eigenvalue weighted by molar-refractivity contribution is 6.07. The molecule has 164 valence electrons. The van der Waals surface area contributed by atoms with Gasteiger partial charge < -0.3 is 4.90 Å². The van der Waals surface area contributed by atoms with Crippen LogP contribution in [0.3, 0.4) is 0 Å². The van der Waals surface area contributed by atoms with Crippen molar-refractivity contribution in [1.29, 1.82) is 0 Å². The highest BCUT2D eigenvalue weighted by Gasteiger charge is 2.25. The Balaban J connectivity index is 1.16. The van der Waals surface area contributed by atoms with E-state index in [2.05, 4.69) is 23.1 Å². The van der Waals surface area contributed by atoms with Crippen molar-refractivity contribution < 1.29 is 9.18 Å². The second kappa shape index (κ2) is 9.25. The first kappa shape index (κ1) is 20.9. The van der Waals surface area contributed by atoms with Crippen molar-refractivity contribution in [2.24, 2.45) is 0 Å². The number of piperidine rings is 1. The van der Waals surface area contributed by atoms with E-state index in [4.69, 9.17) is 0 Å². The van der Waals surface area contributed by atoms with Gasteiger partial charge in [0.2, 0.25) is 0 Å². The van der Waals surface area contributed by atoms with Gasteiger partial charge >= 0.3 is 0 Å². The Kier molecular flexibility index (Phi) is 6.04. The Morgan fingerprint density at radius 3 is 2.50 bits per heavy atom. The number of amides is 1. The van der Waals surface area contributed by atoms with Crippen molar-refractivity contribution in [3.63, 3.8) is 0 Å². The molecular formula is C28H29FN2O. The normalized spacial score (nSPS) is 19.2. The molecule has 32 heavy (non-hydrogen) atoms. The molecule has 0 aromatic heterocycles. The smallest absolute Gasteiger partial charge is 0.254 e. The van der Waals surface area contributed by atoms with Crippen LogP contribution in [0.4, 0.5) is 4.39 Å². The third kappa shape index (κ3) is 4.46. The van der Waals surface area contributed by atoms with Crippen LogP contribution in [0.25, 0.3) is 10.8 Å². The van der Waals surface area contributed by atoms with Crippen molar-refractivity contribution in [1.82, 2.24) is 9.80 Å². The molecule has 0 radical (unpaired) electrons. The number of carbonyl (C=O) groups is 1. The first-order valence-electron chi connectivity index (χ1n) is 11.6. The Morgan fingerprint density at radius 2 is 1.69 bits per heavy atom. The van der Waals surface area contributed by atoms with Gasteiger partial charge in [-0.2, -0.15) is 0 Å². The molecular weight excluding hydrogens is 399 g/mol. The lowest BCUT2D eigenvalue weighted by Crippen LogP contribution is -2.33. The minimum absolute atomic E-state index is 0.130. The molecule has 0 saturated carbocycles. The zero-order chi connectivity index (χ0) is 21.9. The van der Waals surface area contributed by atoms with E-state index in [0.29, 0.717) is 5.92 Å². The van der Waals surface area contributed by atoms with E-state index < -0.39 is 0 Å². The molecule has 2 saturated heterocycles. The number of hydrogen-bond acceptors (Lipinski definition) is 2. The fourth-order valence-corrected chi connectivity index (χ4v) is 5.05. The van der Waals surface area contributed by atoms with Gasteiger partial charge in [-0.25, -0.2) is 4.39 Å². The number of benzene rings is 3. The topological polar surface area (TPSA) is 23.6 Å². The maximum absolute atomic E-state index is 13.2. The standard InChI is InChI=1S/C28H29FN2O/c29-25-10-8-22(9-11-25)23-14-17-30(18-15-23)16-12-21-13-19-31(20-21)28(32)27-7-3-5-24-4-1-2-6-26(24)27/h1-12,23H,13-20H2. The molecule has 0 atom stereocenters. The molecule has 1 amide bonds. The van der Waals surface area contributed by atoms with E-state index >= 15 is 0 Å². The first-order chi connectivity index (χ1) is 15.7. The molecule has 2 aliphatic heterocycles. The highest BCUT2D eigenvalue weighted by Crippen LogP contribution is 2.28. The average Bonchev–Trinajstić information content (AvgIpc) is 3.32. The van der Waals surface area contributed by atoms with Crippen molar-refractivity contribution in [3.8, 4) is 0 Å². The average molecular weight is 429 g/mol. The van der Waals surface area contributed by atoms with Crippen LogP contribution in [0.15, 0.2) is 78.4 Å². The number of likely N-dealkylation sites (tertiary alicyclic amines) is 2. The maximum Gasteiger partial charge on any atom is 0.254 e. The molecule has 0 spiro atoms. The lowest BCUT2D eigenvalue weighted by Gasteiger charge is -2.31. The summed E-state index contributed by atoms with van der Waals surface area (Å²) >= 11 is 0. The van der Waals surface area contributed by atoms with Crippen LogP contribution in [-0.2, 0) is 0 Å². The second-order valence-electron chi connectivity index (χ2n) is 8.99. The maximum atomic E-state index is 13.2. The van der Waals surface area contributed by atoms with Gasteiger partial charge in [0.05, 0.1) is 0 Å². The molecule has 0 unspecified atom stereocenters. The summed E-state index contributed by atoms with van der Waals surface area (Å²) in [6.07, 6.45) is 5.51. The zero-order valence-corrected chi connectivity index (χ0v) is 18.3. The number of hydrogen-bond donors (Lipinski definition) is 0. The summed E-state index contributed by atoms with van der Waals surface area (Å²) in [4.78, 5) is 17.6. The second-order valence-corrected chi connectivity index (χ2v) is 8.99. The van der Waals surface area contributed by atoms with Crippen LogP contribution >= 0.6 is 0 Å². The van der Waals surface area contributed by atoms with Gasteiger partial charge in [0.1, 0.15) is 5.82 Å². The van der Waals surface area contributed by atoms with Gasteiger partial charge in [-0.15, -0.1) is 0 Å². The number of halogens is 1. The molecule has 4 heteroatoms. The predicted molar refractivity (Wildman–Crippen MR) is 127 cm³/mol. The molecule has 2 aliphatic rings. The predicted octanol–water partition coefficient (Wildman–Crippen LogP) is 5.63.